The number of morpholine rings is 1. The molecule has 9 heteroatoms. The van der Waals surface area contributed by atoms with Crippen molar-refractivity contribution in [1.29, 1.82) is 0 Å². The molecule has 2 aromatic heterocycles. The molecule has 1 atom stereocenters. The monoisotopic (exact) mass is 386 g/mol. The van der Waals surface area contributed by atoms with Gasteiger partial charge in [0.2, 0.25) is 5.88 Å². The molecule has 9 nitrogen and oxygen atoms in total. The number of H-pyrrole nitrogens is 1. The second-order valence-electron chi connectivity index (χ2n) is 7.23. The average molecular weight is 386 g/mol. The van der Waals surface area contributed by atoms with Crippen LogP contribution < -0.4 is 4.74 Å². The predicted octanol–water partition coefficient (Wildman–Crippen LogP) is 1.06. The summed E-state index contributed by atoms with van der Waals surface area (Å²) in [5, 5.41) is 7.48. The number of carbonyl (C=O) groups excluding carboxylic acids is 1. The number of aromatic amines is 1. The number of methoxy groups -OCH3 is 1. The van der Waals surface area contributed by atoms with Crippen molar-refractivity contribution in [1.82, 2.24) is 30.0 Å². The Bertz CT molecular complexity index is 804. The van der Waals surface area contributed by atoms with Crippen molar-refractivity contribution >= 4 is 5.91 Å². The van der Waals surface area contributed by atoms with E-state index in [0.717, 1.165) is 57.9 Å². The van der Waals surface area contributed by atoms with Crippen LogP contribution in [0.1, 0.15) is 40.5 Å². The minimum Gasteiger partial charge on any atom is -0.480 e. The minimum absolute atomic E-state index is 0.106. The molecule has 4 rings (SSSR count). The molecule has 150 valence electrons. The van der Waals surface area contributed by atoms with Gasteiger partial charge in [0.05, 0.1) is 38.9 Å². The van der Waals surface area contributed by atoms with Crippen molar-refractivity contribution in [2.75, 3.05) is 46.5 Å². The van der Waals surface area contributed by atoms with E-state index in [0.29, 0.717) is 18.1 Å². The van der Waals surface area contributed by atoms with Gasteiger partial charge in [0, 0.05) is 49.9 Å². The molecule has 2 aromatic rings. The van der Waals surface area contributed by atoms with Gasteiger partial charge < -0.3 is 14.4 Å². The third-order valence-electron chi connectivity index (χ3n) is 5.41. The molecular formula is C19H26N6O3. The van der Waals surface area contributed by atoms with Crippen LogP contribution in [0.15, 0.2) is 18.6 Å². The van der Waals surface area contributed by atoms with Crippen molar-refractivity contribution in [3.63, 3.8) is 0 Å². The van der Waals surface area contributed by atoms with E-state index in [-0.39, 0.29) is 11.8 Å². The van der Waals surface area contributed by atoms with E-state index in [4.69, 9.17) is 9.47 Å². The van der Waals surface area contributed by atoms with Gasteiger partial charge in [0.15, 0.2) is 5.69 Å². The zero-order chi connectivity index (χ0) is 19.3. The van der Waals surface area contributed by atoms with Gasteiger partial charge in [-0.3, -0.25) is 19.8 Å². The number of aromatic nitrogens is 4. The number of carbonyl (C=O) groups is 1. The van der Waals surface area contributed by atoms with Crippen LogP contribution in [0, 0.1) is 0 Å². The Morgan fingerprint density at radius 2 is 2.14 bits per heavy atom. The Labute approximate surface area is 164 Å². The van der Waals surface area contributed by atoms with E-state index in [1.54, 1.807) is 0 Å². The summed E-state index contributed by atoms with van der Waals surface area (Å²) in [5.74, 6) is 0.487. The summed E-state index contributed by atoms with van der Waals surface area (Å²) < 4.78 is 10.5. The van der Waals surface area contributed by atoms with Crippen LogP contribution >= 0.6 is 0 Å². The lowest BCUT2D eigenvalue weighted by Gasteiger charge is -2.33. The third kappa shape index (κ3) is 4.15. The number of piperidine rings is 1. The standard InChI is InChI=1S/C19H26N6O3/c1-27-17-11-20-10-16(22-17)19(26)25-4-2-3-14(13-25)18-15(9-21-23-18)12-24-5-7-28-8-6-24/h9-11,14H,2-8,12-13H2,1H3,(H,21,23). The van der Waals surface area contributed by atoms with E-state index in [2.05, 4.69) is 25.1 Å². The van der Waals surface area contributed by atoms with Gasteiger partial charge in [-0.15, -0.1) is 0 Å². The van der Waals surface area contributed by atoms with Crippen LogP contribution in [0.4, 0.5) is 0 Å². The number of amides is 1. The number of rotatable bonds is 5. The van der Waals surface area contributed by atoms with Gasteiger partial charge in [-0.05, 0) is 12.8 Å². The molecular weight excluding hydrogens is 360 g/mol. The van der Waals surface area contributed by atoms with Gasteiger partial charge in [0.1, 0.15) is 0 Å². The molecule has 0 aliphatic carbocycles. The van der Waals surface area contributed by atoms with Crippen molar-refractivity contribution < 1.29 is 14.3 Å². The number of hydrogen-bond donors (Lipinski definition) is 1. The maximum atomic E-state index is 12.9. The highest BCUT2D eigenvalue weighted by Crippen LogP contribution is 2.29. The first-order valence-corrected chi connectivity index (χ1v) is 9.72. The van der Waals surface area contributed by atoms with Crippen molar-refractivity contribution in [2.45, 2.75) is 25.3 Å². The normalized spacial score (nSPS) is 20.9. The van der Waals surface area contributed by atoms with Crippen molar-refractivity contribution in [2.24, 2.45) is 0 Å². The summed E-state index contributed by atoms with van der Waals surface area (Å²) in [6, 6.07) is 0. The molecule has 0 radical (unpaired) electrons. The molecule has 0 saturated carbocycles. The fourth-order valence-corrected chi connectivity index (χ4v) is 3.91. The van der Waals surface area contributed by atoms with Crippen LogP contribution in [-0.2, 0) is 11.3 Å². The largest absolute Gasteiger partial charge is 0.480 e. The van der Waals surface area contributed by atoms with E-state index >= 15 is 0 Å². The molecule has 2 saturated heterocycles. The average Bonchev–Trinajstić information content (AvgIpc) is 3.22. The molecule has 0 bridgehead atoms. The van der Waals surface area contributed by atoms with E-state index in [1.807, 2.05) is 11.1 Å². The lowest BCUT2D eigenvalue weighted by atomic mass is 9.92. The topological polar surface area (TPSA) is 96.5 Å². The molecule has 1 N–H and O–H groups in total. The molecule has 0 spiro atoms. The van der Waals surface area contributed by atoms with Crippen LogP contribution in [-0.4, -0.2) is 82.4 Å². The summed E-state index contributed by atoms with van der Waals surface area (Å²) >= 11 is 0. The minimum atomic E-state index is -0.106. The third-order valence-corrected chi connectivity index (χ3v) is 5.41. The zero-order valence-electron chi connectivity index (χ0n) is 16.1. The number of ether oxygens (including phenoxy) is 2. The van der Waals surface area contributed by atoms with Gasteiger partial charge in [-0.25, -0.2) is 4.98 Å². The van der Waals surface area contributed by atoms with E-state index in [9.17, 15) is 4.79 Å². The van der Waals surface area contributed by atoms with Gasteiger partial charge in [0.25, 0.3) is 5.91 Å². The summed E-state index contributed by atoms with van der Waals surface area (Å²) in [4.78, 5) is 25.4. The first-order chi connectivity index (χ1) is 13.7. The number of likely N-dealkylation sites (tertiary alicyclic amines) is 1. The van der Waals surface area contributed by atoms with Crippen LogP contribution in [0.5, 0.6) is 5.88 Å². The first kappa shape index (κ1) is 18.8. The summed E-state index contributed by atoms with van der Waals surface area (Å²) in [6.45, 7) is 5.67. The highest BCUT2D eigenvalue weighted by Gasteiger charge is 2.29. The molecule has 1 amide bonds. The van der Waals surface area contributed by atoms with Gasteiger partial charge in [-0.1, -0.05) is 0 Å². The van der Waals surface area contributed by atoms with Crippen LogP contribution in [0.25, 0.3) is 0 Å². The fourth-order valence-electron chi connectivity index (χ4n) is 3.91. The Balaban J connectivity index is 1.45. The maximum absolute atomic E-state index is 12.9. The SMILES string of the molecule is COc1cncc(C(=O)N2CCCC(c3[nH]ncc3CN3CCOCC3)C2)n1. The Morgan fingerprint density at radius 3 is 2.96 bits per heavy atom. The Hall–Kier alpha value is -2.52. The molecule has 4 heterocycles. The molecule has 2 aliphatic heterocycles. The zero-order valence-corrected chi connectivity index (χ0v) is 16.1. The van der Waals surface area contributed by atoms with Crippen molar-refractivity contribution in [3.05, 3.63) is 35.5 Å². The lowest BCUT2D eigenvalue weighted by Crippen LogP contribution is -2.40. The van der Waals surface area contributed by atoms with E-state index in [1.165, 1.54) is 25.1 Å². The summed E-state index contributed by atoms with van der Waals surface area (Å²) in [7, 11) is 1.52. The highest BCUT2D eigenvalue weighted by molar-refractivity contribution is 5.92. The van der Waals surface area contributed by atoms with Gasteiger partial charge in [-0.2, -0.15) is 5.10 Å². The summed E-state index contributed by atoms with van der Waals surface area (Å²) in [5.41, 5.74) is 2.67. The second-order valence-corrected chi connectivity index (χ2v) is 7.23. The molecule has 2 fully saturated rings. The highest BCUT2D eigenvalue weighted by atomic mass is 16.5. The first-order valence-electron chi connectivity index (χ1n) is 9.72. The lowest BCUT2D eigenvalue weighted by molar-refractivity contribution is 0.0339. The molecule has 0 aromatic carbocycles. The summed E-state index contributed by atoms with van der Waals surface area (Å²) in [6.07, 6.45) is 6.89. The smallest absolute Gasteiger partial charge is 0.274 e. The molecule has 1 unspecified atom stereocenters. The molecule has 28 heavy (non-hydrogen) atoms. The van der Waals surface area contributed by atoms with Crippen molar-refractivity contribution in [3.8, 4) is 5.88 Å². The molecule has 2 aliphatic rings. The fraction of sp³-hybridized carbons (Fsp3) is 0.579. The van der Waals surface area contributed by atoms with Crippen LogP contribution in [0.2, 0.25) is 0 Å². The maximum Gasteiger partial charge on any atom is 0.274 e. The quantitative estimate of drug-likeness (QED) is 0.821. The van der Waals surface area contributed by atoms with Crippen LogP contribution in [0.3, 0.4) is 0 Å². The number of hydrogen-bond acceptors (Lipinski definition) is 7. The van der Waals surface area contributed by atoms with Gasteiger partial charge >= 0.3 is 0 Å². The second kappa shape index (κ2) is 8.66. The Morgan fingerprint density at radius 1 is 1.29 bits per heavy atom. The number of nitrogens with zero attached hydrogens (tertiary/aromatic N) is 5. The predicted molar refractivity (Wildman–Crippen MR) is 101 cm³/mol. The Kier molecular flexibility index (Phi) is 5.82. The van der Waals surface area contributed by atoms with E-state index < -0.39 is 0 Å². The number of nitrogens with one attached hydrogen (secondary N) is 1.